The van der Waals surface area contributed by atoms with Crippen molar-refractivity contribution in [1.29, 1.82) is 0 Å². The van der Waals surface area contributed by atoms with Crippen molar-refractivity contribution in [2.45, 2.75) is 6.61 Å². The second-order valence-electron chi connectivity index (χ2n) is 8.66. The van der Waals surface area contributed by atoms with E-state index in [1.165, 1.54) is 12.1 Å². The van der Waals surface area contributed by atoms with E-state index in [1.54, 1.807) is 24.4 Å². The molecule has 5 aromatic rings. The van der Waals surface area contributed by atoms with Gasteiger partial charge in [0.2, 0.25) is 0 Å². The summed E-state index contributed by atoms with van der Waals surface area (Å²) in [5.41, 5.74) is 7.05. The Balaban J connectivity index is 1.30. The van der Waals surface area contributed by atoms with Crippen LogP contribution in [-0.4, -0.2) is 22.0 Å². The number of benzene rings is 4. The Morgan fingerprint density at radius 1 is 1.02 bits per heavy atom. The standard InChI is InChI=1S/C30H20BrIN4O4/c31-25-14-20(15-26(32)29(25)40-18-19-10-12-22(13-11-19)36(38)39)17-33-35-30(37)24-16-28(21-6-2-1-3-7-21)34-27-9-5-4-8-23(24)27/h1-17H,18H2,(H,35,37)/b33-17+. The van der Waals surface area contributed by atoms with E-state index in [1.807, 2.05) is 66.7 Å². The van der Waals surface area contributed by atoms with Gasteiger partial charge in [-0.25, -0.2) is 10.4 Å². The Kier molecular flexibility index (Phi) is 8.46. The van der Waals surface area contributed by atoms with Crippen molar-refractivity contribution in [3.8, 4) is 17.0 Å². The smallest absolute Gasteiger partial charge is 0.272 e. The van der Waals surface area contributed by atoms with Crippen molar-refractivity contribution in [2.24, 2.45) is 5.10 Å². The van der Waals surface area contributed by atoms with Gasteiger partial charge in [0.05, 0.1) is 36.0 Å². The van der Waals surface area contributed by atoms with Gasteiger partial charge in [0.15, 0.2) is 0 Å². The summed E-state index contributed by atoms with van der Waals surface area (Å²) >= 11 is 5.70. The molecule has 0 fully saturated rings. The highest BCUT2D eigenvalue weighted by atomic mass is 127. The zero-order valence-corrected chi connectivity index (χ0v) is 24.5. The molecule has 1 N–H and O–H groups in total. The first kappa shape index (κ1) is 27.4. The second-order valence-corrected chi connectivity index (χ2v) is 10.7. The SMILES string of the molecule is O=C(N/N=C/c1cc(Br)c(OCc2ccc([N+](=O)[O-])cc2)c(I)c1)c1cc(-c2ccccc2)nc2ccccc12. The van der Waals surface area contributed by atoms with E-state index in [0.29, 0.717) is 21.5 Å². The van der Waals surface area contributed by atoms with E-state index in [2.05, 4.69) is 49.0 Å². The number of nitrogens with zero attached hydrogens (tertiary/aromatic N) is 3. The number of nitro groups is 1. The van der Waals surface area contributed by atoms with Crippen molar-refractivity contribution in [3.63, 3.8) is 0 Å². The predicted molar refractivity (Wildman–Crippen MR) is 167 cm³/mol. The number of ether oxygens (including phenoxy) is 1. The number of rotatable bonds is 8. The summed E-state index contributed by atoms with van der Waals surface area (Å²) in [6.07, 6.45) is 1.56. The van der Waals surface area contributed by atoms with Crippen LogP contribution in [0.1, 0.15) is 21.5 Å². The average Bonchev–Trinajstić information content (AvgIpc) is 2.96. The molecular formula is C30H20BrIN4O4. The van der Waals surface area contributed by atoms with Gasteiger partial charge in [-0.2, -0.15) is 5.10 Å². The molecule has 0 atom stereocenters. The maximum Gasteiger partial charge on any atom is 0.272 e. The topological polar surface area (TPSA) is 107 Å². The van der Waals surface area contributed by atoms with E-state index in [9.17, 15) is 14.9 Å². The number of aromatic nitrogens is 1. The fourth-order valence-electron chi connectivity index (χ4n) is 4.01. The van der Waals surface area contributed by atoms with Crippen molar-refractivity contribution in [3.05, 3.63) is 132 Å². The van der Waals surface area contributed by atoms with Gasteiger partial charge >= 0.3 is 0 Å². The van der Waals surface area contributed by atoms with Crippen LogP contribution in [0.3, 0.4) is 0 Å². The molecule has 10 heteroatoms. The molecule has 1 aromatic heterocycles. The van der Waals surface area contributed by atoms with Crippen LogP contribution in [-0.2, 0) is 6.61 Å². The number of non-ortho nitro benzene ring substituents is 1. The number of nitrogens with one attached hydrogen (secondary N) is 1. The molecule has 0 radical (unpaired) electrons. The Morgan fingerprint density at radius 3 is 2.48 bits per heavy atom. The minimum Gasteiger partial charge on any atom is -0.487 e. The molecule has 0 spiro atoms. The highest BCUT2D eigenvalue weighted by Crippen LogP contribution is 2.32. The van der Waals surface area contributed by atoms with Crippen LogP contribution in [0.5, 0.6) is 5.75 Å². The number of amides is 1. The maximum absolute atomic E-state index is 13.2. The van der Waals surface area contributed by atoms with Crippen LogP contribution in [0.4, 0.5) is 5.69 Å². The van der Waals surface area contributed by atoms with Crippen molar-refractivity contribution >= 4 is 67.2 Å². The molecule has 1 amide bonds. The molecular weight excluding hydrogens is 687 g/mol. The van der Waals surface area contributed by atoms with Crippen LogP contribution in [0.25, 0.3) is 22.2 Å². The lowest BCUT2D eigenvalue weighted by molar-refractivity contribution is -0.384. The van der Waals surface area contributed by atoms with Gasteiger partial charge in [0.1, 0.15) is 12.4 Å². The summed E-state index contributed by atoms with van der Waals surface area (Å²) in [4.78, 5) is 28.3. The van der Waals surface area contributed by atoms with Gasteiger partial charge in [-0.15, -0.1) is 0 Å². The van der Waals surface area contributed by atoms with E-state index in [4.69, 9.17) is 9.72 Å². The van der Waals surface area contributed by atoms with Crippen molar-refractivity contribution < 1.29 is 14.5 Å². The summed E-state index contributed by atoms with van der Waals surface area (Å²) in [7, 11) is 0. The zero-order chi connectivity index (χ0) is 28.1. The Morgan fingerprint density at radius 2 is 1.75 bits per heavy atom. The number of nitro benzene ring substituents is 1. The molecule has 8 nitrogen and oxygen atoms in total. The largest absolute Gasteiger partial charge is 0.487 e. The summed E-state index contributed by atoms with van der Waals surface area (Å²) in [6.45, 7) is 0.251. The monoisotopic (exact) mass is 706 g/mol. The molecule has 40 heavy (non-hydrogen) atoms. The van der Waals surface area contributed by atoms with Gasteiger partial charge in [-0.05, 0) is 86.0 Å². The Bertz CT molecular complexity index is 1720. The number of hydrogen-bond acceptors (Lipinski definition) is 6. The third-order valence-corrected chi connectivity index (χ3v) is 7.35. The third-order valence-electron chi connectivity index (χ3n) is 5.96. The number of hydrazone groups is 1. The molecule has 0 aliphatic rings. The fourth-order valence-corrected chi connectivity index (χ4v) is 5.78. The predicted octanol–water partition coefficient (Wildman–Crippen LogP) is 7.52. The first-order valence-electron chi connectivity index (χ1n) is 12.0. The van der Waals surface area contributed by atoms with E-state index >= 15 is 0 Å². The highest BCUT2D eigenvalue weighted by molar-refractivity contribution is 14.1. The molecule has 0 unspecified atom stereocenters. The van der Waals surface area contributed by atoms with Gasteiger partial charge in [-0.3, -0.25) is 14.9 Å². The van der Waals surface area contributed by atoms with Crippen LogP contribution in [0, 0.1) is 13.7 Å². The number of carbonyl (C=O) groups is 1. The summed E-state index contributed by atoms with van der Waals surface area (Å²) in [5, 5.41) is 15.8. The third kappa shape index (κ3) is 6.35. The molecule has 1 heterocycles. The van der Waals surface area contributed by atoms with Crippen LogP contribution in [0.15, 0.2) is 107 Å². The summed E-state index contributed by atoms with van der Waals surface area (Å²) in [6, 6.07) is 28.9. The molecule has 198 valence electrons. The normalized spacial score (nSPS) is 11.1. The van der Waals surface area contributed by atoms with Gasteiger partial charge in [0, 0.05) is 23.1 Å². The van der Waals surface area contributed by atoms with Crippen LogP contribution in [0.2, 0.25) is 0 Å². The quantitative estimate of drug-likeness (QED) is 0.0778. The molecule has 0 saturated carbocycles. The zero-order valence-electron chi connectivity index (χ0n) is 20.8. The second kappa shape index (κ2) is 12.3. The minimum absolute atomic E-state index is 0.0315. The van der Waals surface area contributed by atoms with Gasteiger partial charge in [-0.1, -0.05) is 48.5 Å². The number of para-hydroxylation sites is 1. The van der Waals surface area contributed by atoms with Crippen molar-refractivity contribution in [1.82, 2.24) is 10.4 Å². The first-order chi connectivity index (χ1) is 19.4. The maximum atomic E-state index is 13.2. The minimum atomic E-state index is -0.436. The average molecular weight is 707 g/mol. The summed E-state index contributed by atoms with van der Waals surface area (Å²) < 4.78 is 7.49. The lowest BCUT2D eigenvalue weighted by Crippen LogP contribution is -2.18. The van der Waals surface area contributed by atoms with Crippen LogP contribution < -0.4 is 10.2 Å². The molecule has 0 saturated heterocycles. The Labute approximate surface area is 251 Å². The molecule has 0 bridgehead atoms. The molecule has 4 aromatic carbocycles. The van der Waals surface area contributed by atoms with Gasteiger partial charge in [0.25, 0.3) is 11.6 Å². The van der Waals surface area contributed by atoms with Crippen molar-refractivity contribution in [2.75, 3.05) is 0 Å². The number of pyridine rings is 1. The molecule has 0 aliphatic heterocycles. The first-order valence-corrected chi connectivity index (χ1v) is 13.9. The van der Waals surface area contributed by atoms with Crippen LogP contribution >= 0.6 is 38.5 Å². The summed E-state index contributed by atoms with van der Waals surface area (Å²) in [5.74, 6) is 0.292. The number of fused-ring (bicyclic) bond motifs is 1. The van der Waals surface area contributed by atoms with E-state index < -0.39 is 4.92 Å². The fraction of sp³-hybridized carbons (Fsp3) is 0.0333. The van der Waals surface area contributed by atoms with E-state index in [0.717, 1.165) is 31.2 Å². The Hall–Kier alpha value is -4.16. The van der Waals surface area contributed by atoms with Gasteiger partial charge < -0.3 is 4.74 Å². The lowest BCUT2D eigenvalue weighted by Gasteiger charge is -2.11. The highest BCUT2D eigenvalue weighted by Gasteiger charge is 2.14. The number of hydrogen-bond donors (Lipinski definition) is 1. The number of carbonyl (C=O) groups excluding carboxylic acids is 1. The van der Waals surface area contributed by atoms with E-state index in [-0.39, 0.29) is 18.2 Å². The lowest BCUT2D eigenvalue weighted by atomic mass is 10.0. The molecule has 5 rings (SSSR count). The molecule has 0 aliphatic carbocycles. The number of halogens is 2.